The first-order chi connectivity index (χ1) is 13.3. The van der Waals surface area contributed by atoms with Crippen molar-refractivity contribution in [2.45, 2.75) is 38.3 Å². The molecule has 1 heterocycles. The lowest BCUT2D eigenvalue weighted by Gasteiger charge is -2.24. The van der Waals surface area contributed by atoms with Gasteiger partial charge in [0.15, 0.2) is 0 Å². The lowest BCUT2D eigenvalue weighted by Crippen LogP contribution is -2.41. The zero-order valence-corrected chi connectivity index (χ0v) is 15.0. The fourth-order valence-electron chi connectivity index (χ4n) is 4.43. The Labute approximate surface area is 159 Å². The summed E-state index contributed by atoms with van der Waals surface area (Å²) in [7, 11) is 0. The van der Waals surface area contributed by atoms with Crippen molar-refractivity contribution in [3.05, 3.63) is 18.0 Å². The van der Waals surface area contributed by atoms with Crippen LogP contribution < -0.4 is 10.9 Å². The van der Waals surface area contributed by atoms with E-state index >= 15 is 0 Å². The number of carbonyl (C=O) groups excluding carboxylic acids is 2. The van der Waals surface area contributed by atoms with Crippen LogP contribution in [0.4, 0.5) is 19.1 Å². The number of amides is 2. The first-order valence-corrected chi connectivity index (χ1v) is 9.15. The number of aromatic nitrogens is 2. The normalized spacial score (nSPS) is 24.6. The Kier molecular flexibility index (Phi) is 6.01. The molecular weight excluding hydrogens is 379 g/mol. The van der Waals surface area contributed by atoms with Gasteiger partial charge in [-0.1, -0.05) is 0 Å². The Hall–Kier alpha value is -2.43. The summed E-state index contributed by atoms with van der Waals surface area (Å²) in [5.74, 6) is -0.223. The number of fused-ring (bicyclic) bond motifs is 2. The Balaban J connectivity index is 1.63. The number of hydrogen-bond acceptors (Lipinski definition) is 6. The predicted molar refractivity (Wildman–Crippen MR) is 90.4 cm³/mol. The van der Waals surface area contributed by atoms with Gasteiger partial charge >= 0.3 is 6.18 Å². The summed E-state index contributed by atoms with van der Waals surface area (Å²) in [6.07, 6.45) is 1.50. The summed E-state index contributed by atoms with van der Waals surface area (Å²) in [5, 5.41) is 9.93. The third-order valence-corrected chi connectivity index (χ3v) is 5.73. The molecule has 2 aliphatic rings. The van der Waals surface area contributed by atoms with Gasteiger partial charge in [-0.05, 0) is 55.9 Å². The fraction of sp³-hybridized carbons (Fsp3) is 0.647. The zero-order valence-electron chi connectivity index (χ0n) is 15.0. The highest BCUT2D eigenvalue weighted by atomic mass is 19.4. The number of halogens is 3. The van der Waals surface area contributed by atoms with E-state index in [0.29, 0.717) is 29.2 Å². The monoisotopic (exact) mass is 401 g/mol. The van der Waals surface area contributed by atoms with Crippen molar-refractivity contribution >= 4 is 18.3 Å². The molecule has 3 rings (SSSR count). The molecule has 1 aromatic heterocycles. The fourth-order valence-corrected chi connectivity index (χ4v) is 4.43. The molecule has 3 N–H and O–H groups in total. The number of hydrogen-bond donors (Lipinski definition) is 3. The van der Waals surface area contributed by atoms with E-state index in [2.05, 4.69) is 20.8 Å². The molecule has 0 saturated heterocycles. The SMILES string of the molecule is O=CN(O)C[C@@H](CC1C2CCC1CC2)C(=O)NNc1nccc(C(F)(F)F)n1. The van der Waals surface area contributed by atoms with E-state index in [1.165, 1.54) is 0 Å². The van der Waals surface area contributed by atoms with E-state index in [1.807, 2.05) is 0 Å². The van der Waals surface area contributed by atoms with Gasteiger partial charge in [0, 0.05) is 6.20 Å². The summed E-state index contributed by atoms with van der Waals surface area (Å²) < 4.78 is 38.1. The van der Waals surface area contributed by atoms with E-state index in [1.54, 1.807) is 0 Å². The van der Waals surface area contributed by atoms with E-state index in [4.69, 9.17) is 0 Å². The van der Waals surface area contributed by atoms with Crippen molar-refractivity contribution in [1.82, 2.24) is 20.5 Å². The van der Waals surface area contributed by atoms with Crippen LogP contribution in [0.2, 0.25) is 0 Å². The van der Waals surface area contributed by atoms with E-state index in [0.717, 1.165) is 37.9 Å². The van der Waals surface area contributed by atoms with E-state index in [-0.39, 0.29) is 13.0 Å². The molecule has 1 aromatic rings. The maximum absolute atomic E-state index is 12.7. The van der Waals surface area contributed by atoms with Crippen LogP contribution in [-0.2, 0) is 15.8 Å². The standard InChI is InChI=1S/C17H22F3N5O3/c18-17(19,20)14-5-6-21-16(22-14)24-23-15(27)12(8-25(28)9-26)7-13-10-1-2-11(13)4-3-10/h5-6,9-13,28H,1-4,7-8H2,(H,23,27)(H,21,22,24)/t10?,11?,12-,13?/m1/s1. The van der Waals surface area contributed by atoms with Crippen LogP contribution in [-0.4, -0.2) is 39.1 Å². The minimum absolute atomic E-state index is 0.198. The Morgan fingerprint density at radius 2 is 1.96 bits per heavy atom. The summed E-state index contributed by atoms with van der Waals surface area (Å²) in [6, 6.07) is 0.722. The van der Waals surface area contributed by atoms with Crippen LogP contribution in [0.25, 0.3) is 0 Å². The number of hydrazine groups is 1. The zero-order chi connectivity index (χ0) is 20.3. The summed E-state index contributed by atoms with van der Waals surface area (Å²) >= 11 is 0. The minimum atomic E-state index is -4.63. The molecule has 2 saturated carbocycles. The third kappa shape index (κ3) is 4.70. The molecule has 11 heteroatoms. The van der Waals surface area contributed by atoms with Gasteiger partial charge in [-0.15, -0.1) is 0 Å². The van der Waals surface area contributed by atoms with Gasteiger partial charge in [0.05, 0.1) is 12.5 Å². The predicted octanol–water partition coefficient (Wildman–Crippen LogP) is 2.23. The molecule has 8 nitrogen and oxygen atoms in total. The van der Waals surface area contributed by atoms with Gasteiger partial charge in [-0.2, -0.15) is 13.2 Å². The van der Waals surface area contributed by atoms with E-state index < -0.39 is 29.6 Å². The maximum atomic E-state index is 12.7. The largest absolute Gasteiger partial charge is 0.433 e. The number of nitrogens with zero attached hydrogens (tertiary/aromatic N) is 3. The number of hydroxylamine groups is 2. The van der Waals surface area contributed by atoms with Crippen LogP contribution in [0.3, 0.4) is 0 Å². The van der Waals surface area contributed by atoms with Crippen LogP contribution in [0.5, 0.6) is 0 Å². The van der Waals surface area contributed by atoms with Gasteiger partial charge < -0.3 is 0 Å². The maximum Gasteiger partial charge on any atom is 0.433 e. The van der Waals surface area contributed by atoms with Crippen molar-refractivity contribution in [3.8, 4) is 0 Å². The molecular formula is C17H22F3N5O3. The second-order valence-corrected chi connectivity index (χ2v) is 7.38. The van der Waals surface area contributed by atoms with Crippen molar-refractivity contribution < 1.29 is 28.0 Å². The second-order valence-electron chi connectivity index (χ2n) is 7.38. The molecule has 2 fully saturated rings. The van der Waals surface area contributed by atoms with Crippen molar-refractivity contribution in [2.75, 3.05) is 12.0 Å². The topological polar surface area (TPSA) is 107 Å². The summed E-state index contributed by atoms with van der Waals surface area (Å²) in [4.78, 5) is 30.3. The Morgan fingerprint density at radius 3 is 2.54 bits per heavy atom. The van der Waals surface area contributed by atoms with Crippen molar-refractivity contribution in [1.29, 1.82) is 0 Å². The first-order valence-electron chi connectivity index (χ1n) is 9.15. The third-order valence-electron chi connectivity index (χ3n) is 5.73. The first kappa shape index (κ1) is 20.3. The van der Waals surface area contributed by atoms with Crippen LogP contribution >= 0.6 is 0 Å². The molecule has 0 aliphatic heterocycles. The molecule has 0 unspecified atom stereocenters. The molecule has 154 valence electrons. The molecule has 2 amide bonds. The summed E-state index contributed by atoms with van der Waals surface area (Å²) in [6.45, 7) is -0.198. The van der Waals surface area contributed by atoms with Crippen LogP contribution in [0.1, 0.15) is 37.8 Å². The Bertz CT molecular complexity index is 698. The van der Waals surface area contributed by atoms with Crippen LogP contribution in [0.15, 0.2) is 12.3 Å². The number of nitrogens with one attached hydrogen (secondary N) is 2. The minimum Gasteiger partial charge on any atom is -0.286 e. The lowest BCUT2D eigenvalue weighted by atomic mass is 9.86. The highest BCUT2D eigenvalue weighted by Gasteiger charge is 2.43. The van der Waals surface area contributed by atoms with Gasteiger partial charge in [-0.25, -0.2) is 15.0 Å². The number of carbonyl (C=O) groups is 2. The molecule has 0 radical (unpaired) electrons. The average molecular weight is 401 g/mol. The van der Waals surface area contributed by atoms with Crippen molar-refractivity contribution in [2.24, 2.45) is 23.7 Å². The number of anilines is 1. The molecule has 0 aromatic carbocycles. The van der Waals surface area contributed by atoms with Gasteiger partial charge in [0.1, 0.15) is 5.69 Å². The average Bonchev–Trinajstić information content (AvgIpc) is 3.24. The number of alkyl halides is 3. The number of rotatable bonds is 8. The summed E-state index contributed by atoms with van der Waals surface area (Å²) in [5.41, 5.74) is 3.44. The molecule has 28 heavy (non-hydrogen) atoms. The Morgan fingerprint density at radius 1 is 1.32 bits per heavy atom. The molecule has 2 bridgehead atoms. The van der Waals surface area contributed by atoms with Gasteiger partial charge in [0.25, 0.3) is 0 Å². The molecule has 2 aliphatic carbocycles. The molecule has 0 spiro atoms. The smallest absolute Gasteiger partial charge is 0.286 e. The highest BCUT2D eigenvalue weighted by Crippen LogP contribution is 2.51. The lowest BCUT2D eigenvalue weighted by molar-refractivity contribution is -0.155. The van der Waals surface area contributed by atoms with E-state index in [9.17, 15) is 28.0 Å². The highest BCUT2D eigenvalue weighted by molar-refractivity contribution is 5.80. The second kappa shape index (κ2) is 8.29. The quantitative estimate of drug-likeness (QED) is 0.350. The molecule has 1 atom stereocenters. The van der Waals surface area contributed by atoms with Gasteiger partial charge in [0.2, 0.25) is 18.3 Å². The van der Waals surface area contributed by atoms with Crippen molar-refractivity contribution in [3.63, 3.8) is 0 Å². The van der Waals surface area contributed by atoms with Crippen LogP contribution in [0, 0.1) is 23.7 Å². The van der Waals surface area contributed by atoms with Gasteiger partial charge in [-0.3, -0.25) is 25.6 Å².